The van der Waals surface area contributed by atoms with Gasteiger partial charge in [0.05, 0.1) is 0 Å². The fourth-order valence-corrected chi connectivity index (χ4v) is 3.37. The van der Waals surface area contributed by atoms with E-state index in [0.717, 1.165) is 24.3 Å². The molecule has 3 aromatic rings. The predicted molar refractivity (Wildman–Crippen MR) is 113 cm³/mol. The number of rotatable bonds is 6. The van der Waals surface area contributed by atoms with Crippen molar-refractivity contribution in [1.82, 2.24) is 0 Å². The Morgan fingerprint density at radius 3 is 1.97 bits per heavy atom. The summed E-state index contributed by atoms with van der Waals surface area (Å²) < 4.78 is 5.30. The predicted octanol–water partition coefficient (Wildman–Crippen LogP) is 4.75. The van der Waals surface area contributed by atoms with Crippen molar-refractivity contribution < 1.29 is 14.3 Å². The van der Waals surface area contributed by atoms with Gasteiger partial charge in [0.25, 0.3) is 0 Å². The Kier molecular flexibility index (Phi) is 5.52. The number of hydrogen-bond donors (Lipinski definition) is 0. The molecule has 1 aliphatic heterocycles. The number of nitrogens with zero attached hydrogens (tertiary/aromatic N) is 1. The van der Waals surface area contributed by atoms with E-state index in [9.17, 15) is 9.59 Å². The van der Waals surface area contributed by atoms with Gasteiger partial charge in [-0.2, -0.15) is 0 Å². The van der Waals surface area contributed by atoms with E-state index in [1.165, 1.54) is 17.2 Å². The van der Waals surface area contributed by atoms with Gasteiger partial charge in [0, 0.05) is 30.4 Å². The highest BCUT2D eigenvalue weighted by Gasteiger charge is 2.21. The molecule has 0 saturated heterocycles. The van der Waals surface area contributed by atoms with E-state index in [0.29, 0.717) is 5.76 Å². The number of ether oxygens (including phenoxy) is 1. The van der Waals surface area contributed by atoms with Crippen LogP contribution in [0.5, 0.6) is 0 Å². The number of cyclic esters (lactones) is 1. The summed E-state index contributed by atoms with van der Waals surface area (Å²) in [6.07, 6.45) is 1.20. The number of ketones is 1. The van der Waals surface area contributed by atoms with Crippen LogP contribution < -0.4 is 4.90 Å². The largest absolute Gasteiger partial charge is 0.425 e. The number of hydrogen-bond acceptors (Lipinski definition) is 4. The third kappa shape index (κ3) is 4.79. The Bertz CT molecular complexity index is 1000. The first-order chi connectivity index (χ1) is 14.2. The maximum absolute atomic E-state index is 11.8. The SMILES string of the molecule is O=C1C=C(c2cccc(N(Cc3ccccc3)Cc3ccccc3)c2)OC(=O)C1. The quantitative estimate of drug-likeness (QED) is 0.455. The van der Waals surface area contributed by atoms with Gasteiger partial charge in [-0.05, 0) is 23.3 Å². The average molecular weight is 383 g/mol. The Hall–Kier alpha value is -3.66. The van der Waals surface area contributed by atoms with Crippen molar-refractivity contribution in [2.45, 2.75) is 19.5 Å². The molecular weight excluding hydrogens is 362 g/mol. The van der Waals surface area contributed by atoms with E-state index in [-0.39, 0.29) is 12.2 Å². The molecule has 29 heavy (non-hydrogen) atoms. The number of esters is 1. The van der Waals surface area contributed by atoms with Crippen molar-refractivity contribution in [2.24, 2.45) is 0 Å². The van der Waals surface area contributed by atoms with Crippen molar-refractivity contribution in [3.63, 3.8) is 0 Å². The maximum atomic E-state index is 11.8. The normalized spacial score (nSPS) is 13.6. The van der Waals surface area contributed by atoms with Gasteiger partial charge in [0.1, 0.15) is 12.2 Å². The molecule has 4 rings (SSSR count). The summed E-state index contributed by atoms with van der Waals surface area (Å²) in [7, 11) is 0. The van der Waals surface area contributed by atoms with E-state index in [1.54, 1.807) is 0 Å². The molecule has 0 fully saturated rings. The number of carbonyl (C=O) groups excluding carboxylic acids is 2. The second-order valence-corrected chi connectivity index (χ2v) is 7.00. The van der Waals surface area contributed by atoms with Crippen LogP contribution >= 0.6 is 0 Å². The number of carbonyl (C=O) groups is 2. The fourth-order valence-electron chi connectivity index (χ4n) is 3.37. The molecule has 0 aliphatic carbocycles. The van der Waals surface area contributed by atoms with Crippen molar-refractivity contribution in [3.05, 3.63) is 108 Å². The Balaban J connectivity index is 1.66. The minimum Gasteiger partial charge on any atom is -0.425 e. The van der Waals surface area contributed by atoms with E-state index in [1.807, 2.05) is 60.7 Å². The van der Waals surface area contributed by atoms with E-state index < -0.39 is 5.97 Å². The van der Waals surface area contributed by atoms with Gasteiger partial charge in [0.15, 0.2) is 5.78 Å². The lowest BCUT2D eigenvalue weighted by Gasteiger charge is -2.26. The highest BCUT2D eigenvalue weighted by molar-refractivity contribution is 6.09. The van der Waals surface area contributed by atoms with E-state index in [2.05, 4.69) is 29.2 Å². The highest BCUT2D eigenvalue weighted by Crippen LogP contribution is 2.27. The first-order valence-electron chi connectivity index (χ1n) is 9.56. The lowest BCUT2D eigenvalue weighted by Crippen LogP contribution is -2.22. The molecule has 0 amide bonds. The molecule has 4 nitrogen and oxygen atoms in total. The van der Waals surface area contributed by atoms with Crippen LogP contribution in [0.3, 0.4) is 0 Å². The Labute approximate surface area is 170 Å². The number of anilines is 1. The van der Waals surface area contributed by atoms with Crippen molar-refractivity contribution in [1.29, 1.82) is 0 Å². The molecule has 0 bridgehead atoms. The molecule has 3 aromatic carbocycles. The molecule has 0 saturated carbocycles. The maximum Gasteiger partial charge on any atom is 0.319 e. The lowest BCUT2D eigenvalue weighted by molar-refractivity contribution is -0.140. The smallest absolute Gasteiger partial charge is 0.319 e. The molecule has 1 heterocycles. The summed E-state index contributed by atoms with van der Waals surface area (Å²) in [6, 6.07) is 28.3. The zero-order valence-electron chi connectivity index (χ0n) is 16.0. The molecule has 0 unspecified atom stereocenters. The molecular formula is C25H21NO3. The zero-order chi connectivity index (χ0) is 20.1. The standard InChI is InChI=1S/C25H21NO3/c27-23-15-24(29-25(28)16-23)21-12-7-13-22(14-21)26(17-19-8-3-1-4-9-19)18-20-10-5-2-6-11-20/h1-15H,16-18H2. The van der Waals surface area contributed by atoms with Crippen LogP contribution in [0.25, 0.3) is 5.76 Å². The van der Waals surface area contributed by atoms with Gasteiger partial charge >= 0.3 is 5.97 Å². The summed E-state index contributed by atoms with van der Waals surface area (Å²) in [5, 5.41) is 0. The van der Waals surface area contributed by atoms with Crippen LogP contribution in [-0.2, 0) is 27.4 Å². The molecule has 0 aromatic heterocycles. The Morgan fingerprint density at radius 1 is 0.759 bits per heavy atom. The van der Waals surface area contributed by atoms with E-state index in [4.69, 9.17) is 4.74 Å². The molecule has 0 N–H and O–H groups in total. The molecule has 0 atom stereocenters. The minimum atomic E-state index is -0.511. The molecule has 0 radical (unpaired) electrons. The van der Waals surface area contributed by atoms with Crippen LogP contribution in [0.1, 0.15) is 23.1 Å². The minimum absolute atomic E-state index is 0.197. The van der Waals surface area contributed by atoms with Crippen LogP contribution in [0, 0.1) is 0 Å². The fraction of sp³-hybridized carbons (Fsp3) is 0.120. The van der Waals surface area contributed by atoms with Gasteiger partial charge in [-0.3, -0.25) is 9.59 Å². The van der Waals surface area contributed by atoms with Gasteiger partial charge in [-0.25, -0.2) is 0 Å². The van der Waals surface area contributed by atoms with Crippen LogP contribution in [-0.4, -0.2) is 11.8 Å². The van der Waals surface area contributed by atoms with Crippen LogP contribution in [0.15, 0.2) is 91.0 Å². The summed E-state index contributed by atoms with van der Waals surface area (Å²) in [4.78, 5) is 25.7. The molecule has 0 spiro atoms. The van der Waals surface area contributed by atoms with Crippen molar-refractivity contribution >= 4 is 23.2 Å². The molecule has 144 valence electrons. The second-order valence-electron chi connectivity index (χ2n) is 7.00. The third-order valence-corrected chi connectivity index (χ3v) is 4.76. The summed E-state index contributed by atoms with van der Waals surface area (Å²) >= 11 is 0. The van der Waals surface area contributed by atoms with Crippen molar-refractivity contribution in [3.8, 4) is 0 Å². The lowest BCUT2D eigenvalue weighted by atomic mass is 10.1. The van der Waals surface area contributed by atoms with Crippen molar-refractivity contribution in [2.75, 3.05) is 4.90 Å². The highest BCUT2D eigenvalue weighted by atomic mass is 16.5. The summed E-state index contributed by atoms with van der Waals surface area (Å²) in [6.45, 7) is 1.47. The topological polar surface area (TPSA) is 46.6 Å². The zero-order valence-corrected chi connectivity index (χ0v) is 16.0. The van der Waals surface area contributed by atoms with E-state index >= 15 is 0 Å². The average Bonchev–Trinajstić information content (AvgIpc) is 2.74. The third-order valence-electron chi connectivity index (χ3n) is 4.76. The summed E-state index contributed by atoms with van der Waals surface area (Å²) in [5.74, 6) is -0.428. The number of allylic oxidation sites excluding steroid dienone is 1. The first kappa shape index (κ1) is 18.7. The van der Waals surface area contributed by atoms with Crippen LogP contribution in [0.2, 0.25) is 0 Å². The second kappa shape index (κ2) is 8.57. The van der Waals surface area contributed by atoms with Gasteiger partial charge in [-0.15, -0.1) is 0 Å². The first-order valence-corrected chi connectivity index (χ1v) is 9.56. The molecule has 4 heteroatoms. The monoisotopic (exact) mass is 383 g/mol. The van der Waals surface area contributed by atoms with Gasteiger partial charge in [0.2, 0.25) is 0 Å². The van der Waals surface area contributed by atoms with Gasteiger partial charge < -0.3 is 9.64 Å². The summed E-state index contributed by atoms with van der Waals surface area (Å²) in [5.41, 5.74) is 4.11. The Morgan fingerprint density at radius 2 is 1.38 bits per heavy atom. The molecule has 1 aliphatic rings. The van der Waals surface area contributed by atoms with Gasteiger partial charge in [-0.1, -0.05) is 72.8 Å². The van der Waals surface area contributed by atoms with Crippen LogP contribution in [0.4, 0.5) is 5.69 Å². The number of benzene rings is 3.